The summed E-state index contributed by atoms with van der Waals surface area (Å²) in [5, 5.41) is 3.17. The molecule has 1 amide bonds. The van der Waals surface area contributed by atoms with Gasteiger partial charge in [-0.1, -0.05) is 32.0 Å². The number of nitrogens with one attached hydrogen (secondary N) is 1. The lowest BCUT2D eigenvalue weighted by Crippen LogP contribution is -2.39. The highest BCUT2D eigenvalue weighted by Gasteiger charge is 2.24. The van der Waals surface area contributed by atoms with E-state index in [4.69, 9.17) is 11.5 Å². The largest absolute Gasteiger partial charge is 0.370 e. The number of hydrogen-bond donors (Lipinski definition) is 3. The molecule has 8 heteroatoms. The van der Waals surface area contributed by atoms with Gasteiger partial charge in [-0.25, -0.2) is 9.98 Å². The minimum atomic E-state index is -0.212. The number of guanidine groups is 1. The van der Waals surface area contributed by atoms with Crippen molar-refractivity contribution < 1.29 is 4.79 Å². The summed E-state index contributed by atoms with van der Waals surface area (Å²) in [7, 11) is 0. The highest BCUT2D eigenvalue weighted by atomic mass is 127. The van der Waals surface area contributed by atoms with E-state index < -0.39 is 0 Å². The Morgan fingerprint density at radius 1 is 1.23 bits per heavy atom. The first kappa shape index (κ1) is 23.9. The van der Waals surface area contributed by atoms with Gasteiger partial charge < -0.3 is 21.7 Å². The van der Waals surface area contributed by atoms with Crippen LogP contribution >= 0.6 is 24.0 Å². The Bertz CT molecular complexity index is 877. The summed E-state index contributed by atoms with van der Waals surface area (Å²) in [4.78, 5) is 22.6. The van der Waals surface area contributed by atoms with Crippen LogP contribution in [0.4, 0.5) is 11.5 Å². The Morgan fingerprint density at radius 2 is 1.97 bits per heavy atom. The maximum absolute atomic E-state index is 11.4. The molecule has 2 aromatic rings. The fourth-order valence-corrected chi connectivity index (χ4v) is 3.55. The van der Waals surface area contributed by atoms with E-state index in [2.05, 4.69) is 46.2 Å². The second kappa shape index (κ2) is 11.1. The molecule has 1 fully saturated rings. The molecular weight excluding hydrogens is 491 g/mol. The number of halogens is 1. The predicted molar refractivity (Wildman–Crippen MR) is 133 cm³/mol. The number of pyridine rings is 1. The zero-order valence-corrected chi connectivity index (χ0v) is 19.9. The Balaban J connectivity index is 0.00000320. The average Bonchev–Trinajstić information content (AvgIpc) is 2.72. The Labute approximate surface area is 195 Å². The van der Waals surface area contributed by atoms with Crippen LogP contribution in [-0.4, -0.2) is 29.9 Å². The van der Waals surface area contributed by atoms with Crippen molar-refractivity contribution in [1.29, 1.82) is 0 Å². The lowest BCUT2D eigenvalue weighted by atomic mass is 9.96. The molecule has 2 heterocycles. The molecule has 7 nitrogen and oxygen atoms in total. The zero-order valence-electron chi connectivity index (χ0n) is 17.5. The van der Waals surface area contributed by atoms with Crippen LogP contribution in [0.25, 0.3) is 0 Å². The molecule has 3 rings (SSSR count). The van der Waals surface area contributed by atoms with Gasteiger partial charge in [0.05, 0.1) is 6.54 Å². The summed E-state index contributed by atoms with van der Waals surface area (Å²) in [5.41, 5.74) is 14.7. The molecule has 0 atom stereocenters. The van der Waals surface area contributed by atoms with Crippen molar-refractivity contribution in [3.63, 3.8) is 0 Å². The molecule has 1 aromatic heterocycles. The van der Waals surface area contributed by atoms with Gasteiger partial charge in [-0.05, 0) is 42.5 Å². The Kier molecular flexibility index (Phi) is 8.88. The molecule has 0 saturated carbocycles. The van der Waals surface area contributed by atoms with Gasteiger partial charge in [0.25, 0.3) is 0 Å². The van der Waals surface area contributed by atoms with Gasteiger partial charge >= 0.3 is 0 Å². The Morgan fingerprint density at radius 3 is 2.63 bits per heavy atom. The standard InChI is InChI=1S/C22H30N6O.HI/c1-15(2)17-5-3-7-19(13-17)27-22(24)26-14-18-6-4-10-25-21(18)28-11-8-16(9-12-28)20(23)29;/h3-7,10,13,15-16H,8-9,11-12,14H2,1-2H3,(H2,23,29)(H3,24,26,27);1H. The van der Waals surface area contributed by atoms with Crippen molar-refractivity contribution in [1.82, 2.24) is 4.98 Å². The molecule has 0 bridgehead atoms. The average molecular weight is 522 g/mol. The number of benzene rings is 1. The highest BCUT2D eigenvalue weighted by Crippen LogP contribution is 2.25. The van der Waals surface area contributed by atoms with Crippen LogP contribution in [0.1, 0.15) is 43.7 Å². The van der Waals surface area contributed by atoms with E-state index in [1.54, 1.807) is 6.20 Å². The van der Waals surface area contributed by atoms with Gasteiger partial charge in [-0.15, -0.1) is 24.0 Å². The molecule has 1 saturated heterocycles. The third-order valence-corrected chi connectivity index (χ3v) is 5.31. The van der Waals surface area contributed by atoms with E-state index in [0.717, 1.165) is 43.0 Å². The number of anilines is 2. The number of amides is 1. The number of nitrogens with zero attached hydrogens (tertiary/aromatic N) is 3. The number of piperidine rings is 1. The van der Waals surface area contributed by atoms with Crippen molar-refractivity contribution in [3.05, 3.63) is 53.7 Å². The molecule has 30 heavy (non-hydrogen) atoms. The van der Waals surface area contributed by atoms with Gasteiger partial charge in [-0.2, -0.15) is 0 Å². The first-order valence-corrected chi connectivity index (χ1v) is 10.1. The number of carbonyl (C=O) groups is 1. The second-order valence-electron chi connectivity index (χ2n) is 7.76. The van der Waals surface area contributed by atoms with Crippen LogP contribution in [0.3, 0.4) is 0 Å². The molecule has 0 unspecified atom stereocenters. The van der Waals surface area contributed by atoms with Crippen molar-refractivity contribution in [3.8, 4) is 0 Å². The number of rotatable bonds is 6. The van der Waals surface area contributed by atoms with Gasteiger partial charge in [0.1, 0.15) is 5.82 Å². The van der Waals surface area contributed by atoms with Gasteiger partial charge in [-0.3, -0.25) is 4.79 Å². The third kappa shape index (κ3) is 6.32. The van der Waals surface area contributed by atoms with E-state index in [0.29, 0.717) is 18.4 Å². The smallest absolute Gasteiger partial charge is 0.220 e. The van der Waals surface area contributed by atoms with Crippen LogP contribution in [0.2, 0.25) is 0 Å². The van der Waals surface area contributed by atoms with Crippen LogP contribution in [-0.2, 0) is 11.3 Å². The first-order chi connectivity index (χ1) is 13.9. The monoisotopic (exact) mass is 522 g/mol. The second-order valence-corrected chi connectivity index (χ2v) is 7.76. The molecule has 0 spiro atoms. The lowest BCUT2D eigenvalue weighted by molar-refractivity contribution is -0.122. The molecular formula is C22H31IN6O. The Hall–Kier alpha value is -2.36. The predicted octanol–water partition coefficient (Wildman–Crippen LogP) is 3.45. The third-order valence-electron chi connectivity index (χ3n) is 5.31. The molecule has 0 radical (unpaired) electrons. The summed E-state index contributed by atoms with van der Waals surface area (Å²) in [6.45, 7) is 6.27. The number of nitrogens with two attached hydrogens (primary N) is 2. The van der Waals surface area contributed by atoms with E-state index in [1.165, 1.54) is 5.56 Å². The normalized spacial score (nSPS) is 15.0. The summed E-state index contributed by atoms with van der Waals surface area (Å²) in [6.07, 6.45) is 3.29. The summed E-state index contributed by atoms with van der Waals surface area (Å²) < 4.78 is 0. The zero-order chi connectivity index (χ0) is 20.8. The molecule has 0 aliphatic carbocycles. The fraction of sp³-hybridized carbons (Fsp3) is 0.409. The minimum Gasteiger partial charge on any atom is -0.370 e. The number of aromatic nitrogens is 1. The van der Waals surface area contributed by atoms with Crippen LogP contribution in [0.15, 0.2) is 47.6 Å². The minimum absolute atomic E-state index is 0. The first-order valence-electron chi connectivity index (χ1n) is 10.1. The number of aliphatic imine (C=N–C) groups is 1. The fourth-order valence-electron chi connectivity index (χ4n) is 3.55. The van der Waals surface area contributed by atoms with Crippen LogP contribution in [0, 0.1) is 5.92 Å². The molecule has 1 aliphatic heterocycles. The van der Waals surface area contributed by atoms with E-state index in [-0.39, 0.29) is 35.8 Å². The van der Waals surface area contributed by atoms with Crippen LogP contribution < -0.4 is 21.7 Å². The molecule has 5 N–H and O–H groups in total. The molecule has 162 valence electrons. The molecule has 1 aromatic carbocycles. The number of hydrogen-bond acceptors (Lipinski definition) is 4. The molecule has 1 aliphatic rings. The summed E-state index contributed by atoms with van der Waals surface area (Å²) in [6, 6.07) is 12.1. The van der Waals surface area contributed by atoms with Gasteiger partial charge in [0.2, 0.25) is 5.91 Å². The van der Waals surface area contributed by atoms with Crippen molar-refractivity contribution in [2.45, 2.75) is 39.2 Å². The van der Waals surface area contributed by atoms with E-state index >= 15 is 0 Å². The van der Waals surface area contributed by atoms with Crippen LogP contribution in [0.5, 0.6) is 0 Å². The lowest BCUT2D eigenvalue weighted by Gasteiger charge is -2.32. The topological polar surface area (TPSA) is 110 Å². The van der Waals surface area contributed by atoms with E-state index in [1.807, 2.05) is 24.3 Å². The van der Waals surface area contributed by atoms with Gasteiger partial charge in [0, 0.05) is 36.5 Å². The number of primary amides is 1. The van der Waals surface area contributed by atoms with Crippen molar-refractivity contribution in [2.75, 3.05) is 23.3 Å². The SMILES string of the molecule is CC(C)c1cccc(NC(N)=NCc2cccnc2N2CCC(C(N)=O)CC2)c1.I. The maximum Gasteiger partial charge on any atom is 0.220 e. The number of carbonyl (C=O) groups excluding carboxylic acids is 1. The quantitative estimate of drug-likeness (QED) is 0.306. The van der Waals surface area contributed by atoms with Crippen molar-refractivity contribution in [2.24, 2.45) is 22.4 Å². The van der Waals surface area contributed by atoms with E-state index in [9.17, 15) is 4.79 Å². The summed E-state index contributed by atoms with van der Waals surface area (Å²) >= 11 is 0. The summed E-state index contributed by atoms with van der Waals surface area (Å²) in [5.74, 6) is 1.46. The highest BCUT2D eigenvalue weighted by molar-refractivity contribution is 14.0. The maximum atomic E-state index is 11.4. The van der Waals surface area contributed by atoms with Gasteiger partial charge in [0.15, 0.2) is 5.96 Å². The van der Waals surface area contributed by atoms with Crippen molar-refractivity contribution >= 4 is 47.3 Å².